The Kier molecular flexibility index (Phi) is 2.18. The van der Waals surface area contributed by atoms with Crippen LogP contribution in [0.2, 0.25) is 0 Å². The highest BCUT2D eigenvalue weighted by molar-refractivity contribution is 7.85. The highest BCUT2D eigenvalue weighted by Crippen LogP contribution is 2.35. The second-order valence-electron chi connectivity index (χ2n) is 5.06. The number of hydrogen-bond donors (Lipinski definition) is 1. The molecule has 2 saturated heterocycles. The van der Waals surface area contributed by atoms with Crippen molar-refractivity contribution in [2.24, 2.45) is 17.6 Å². The largest absolute Gasteiger partial charge is 0.327 e. The molecule has 80 valence electrons. The van der Waals surface area contributed by atoms with E-state index in [-0.39, 0.29) is 0 Å². The first-order valence-electron chi connectivity index (χ1n) is 5.58. The zero-order chi connectivity index (χ0) is 9.71. The number of likely N-dealkylation sites (tertiary alicyclic amines) is 1. The molecule has 0 aromatic carbocycles. The van der Waals surface area contributed by atoms with Gasteiger partial charge in [0.25, 0.3) is 0 Å². The SMILES string of the molecule is NC1C2CN(C3CC3)CC1CS(=O)C2. The van der Waals surface area contributed by atoms with Gasteiger partial charge in [-0.25, -0.2) is 0 Å². The topological polar surface area (TPSA) is 46.3 Å². The fraction of sp³-hybridized carbons (Fsp3) is 1.00. The maximum atomic E-state index is 11.6. The Hall–Kier alpha value is 0.0700. The quantitative estimate of drug-likeness (QED) is 0.657. The van der Waals surface area contributed by atoms with Gasteiger partial charge in [0, 0.05) is 47.5 Å². The standard InChI is InChI=1S/C10H18N2OS/c11-10-7-3-12(9-1-2-9)4-8(10)6-14(13)5-7/h7-10H,1-6,11H2. The van der Waals surface area contributed by atoms with Crippen molar-refractivity contribution in [3.05, 3.63) is 0 Å². The minimum atomic E-state index is -0.584. The molecule has 2 atom stereocenters. The van der Waals surface area contributed by atoms with Gasteiger partial charge in [0.1, 0.15) is 0 Å². The fourth-order valence-electron chi connectivity index (χ4n) is 2.92. The zero-order valence-electron chi connectivity index (χ0n) is 8.39. The van der Waals surface area contributed by atoms with Gasteiger partial charge in [0.15, 0.2) is 0 Å². The molecular formula is C10H18N2OS. The molecule has 3 fully saturated rings. The molecule has 1 saturated carbocycles. The van der Waals surface area contributed by atoms with Crippen LogP contribution in [0.25, 0.3) is 0 Å². The average Bonchev–Trinajstić information content (AvgIpc) is 2.90. The van der Waals surface area contributed by atoms with Crippen LogP contribution in [-0.4, -0.2) is 45.8 Å². The lowest BCUT2D eigenvalue weighted by Gasteiger charge is -2.45. The van der Waals surface area contributed by atoms with Crippen molar-refractivity contribution in [3.63, 3.8) is 0 Å². The van der Waals surface area contributed by atoms with Crippen LogP contribution in [0, 0.1) is 11.8 Å². The summed E-state index contributed by atoms with van der Waals surface area (Å²) in [6.07, 6.45) is 2.75. The molecule has 2 heterocycles. The third-order valence-electron chi connectivity index (χ3n) is 3.89. The Morgan fingerprint density at radius 3 is 2.21 bits per heavy atom. The van der Waals surface area contributed by atoms with Gasteiger partial charge in [0.05, 0.1) is 0 Å². The van der Waals surface area contributed by atoms with Gasteiger partial charge < -0.3 is 5.73 Å². The minimum Gasteiger partial charge on any atom is -0.327 e. The van der Waals surface area contributed by atoms with Gasteiger partial charge in [-0.3, -0.25) is 9.11 Å². The third-order valence-corrected chi connectivity index (χ3v) is 5.49. The van der Waals surface area contributed by atoms with Crippen molar-refractivity contribution >= 4 is 10.8 Å². The van der Waals surface area contributed by atoms with E-state index < -0.39 is 10.8 Å². The summed E-state index contributed by atoms with van der Waals surface area (Å²) in [5, 5.41) is 0. The first-order valence-corrected chi connectivity index (χ1v) is 7.07. The van der Waals surface area contributed by atoms with Crippen molar-refractivity contribution in [1.29, 1.82) is 0 Å². The van der Waals surface area contributed by atoms with Crippen molar-refractivity contribution in [2.75, 3.05) is 24.6 Å². The van der Waals surface area contributed by atoms with Crippen molar-refractivity contribution < 1.29 is 4.21 Å². The highest BCUT2D eigenvalue weighted by Gasteiger charge is 2.43. The lowest BCUT2D eigenvalue weighted by Crippen LogP contribution is -2.59. The molecule has 0 amide bonds. The van der Waals surface area contributed by atoms with Crippen LogP contribution >= 0.6 is 0 Å². The average molecular weight is 214 g/mol. The van der Waals surface area contributed by atoms with Crippen LogP contribution in [0.3, 0.4) is 0 Å². The van der Waals surface area contributed by atoms with E-state index in [1.165, 1.54) is 12.8 Å². The Labute approximate surface area is 87.5 Å². The molecule has 3 rings (SSSR count). The first-order chi connectivity index (χ1) is 6.74. The van der Waals surface area contributed by atoms with Gasteiger partial charge >= 0.3 is 0 Å². The fourth-order valence-corrected chi connectivity index (χ4v) is 4.66. The molecule has 2 N–H and O–H groups in total. The molecule has 0 radical (unpaired) electrons. The van der Waals surface area contributed by atoms with E-state index >= 15 is 0 Å². The van der Waals surface area contributed by atoms with E-state index in [0.717, 1.165) is 30.6 Å². The molecule has 14 heavy (non-hydrogen) atoms. The monoisotopic (exact) mass is 214 g/mol. The van der Waals surface area contributed by atoms with Gasteiger partial charge in [-0.2, -0.15) is 0 Å². The van der Waals surface area contributed by atoms with E-state index in [4.69, 9.17) is 5.73 Å². The van der Waals surface area contributed by atoms with Crippen LogP contribution < -0.4 is 5.73 Å². The number of hydrogen-bond acceptors (Lipinski definition) is 3. The second kappa shape index (κ2) is 3.29. The van der Waals surface area contributed by atoms with Crippen molar-refractivity contribution in [2.45, 2.75) is 24.9 Å². The first kappa shape index (κ1) is 9.31. The number of nitrogens with zero attached hydrogens (tertiary/aromatic N) is 1. The van der Waals surface area contributed by atoms with Crippen LogP contribution in [-0.2, 0) is 10.8 Å². The lowest BCUT2D eigenvalue weighted by molar-refractivity contribution is 0.110. The van der Waals surface area contributed by atoms with E-state index in [1.54, 1.807) is 0 Å². The van der Waals surface area contributed by atoms with E-state index in [2.05, 4.69) is 4.90 Å². The summed E-state index contributed by atoms with van der Waals surface area (Å²) in [5.74, 6) is 2.70. The van der Waals surface area contributed by atoms with Crippen LogP contribution in [0.1, 0.15) is 12.8 Å². The predicted molar refractivity (Wildman–Crippen MR) is 57.4 cm³/mol. The van der Waals surface area contributed by atoms with E-state index in [1.807, 2.05) is 0 Å². The molecule has 2 aliphatic heterocycles. The molecule has 1 aliphatic carbocycles. The number of piperidine rings is 1. The molecular weight excluding hydrogens is 196 g/mol. The van der Waals surface area contributed by atoms with Crippen LogP contribution in [0.5, 0.6) is 0 Å². The minimum absolute atomic E-state index is 0.322. The summed E-state index contributed by atoms with van der Waals surface area (Å²) < 4.78 is 11.6. The maximum Gasteiger partial charge on any atom is 0.0290 e. The Bertz CT molecular complexity index is 249. The summed E-state index contributed by atoms with van der Waals surface area (Å²) in [6, 6.07) is 1.17. The number of nitrogens with two attached hydrogens (primary N) is 1. The summed E-state index contributed by atoms with van der Waals surface area (Å²) in [7, 11) is -0.584. The molecule has 4 heteroatoms. The molecule has 3 aliphatic rings. The normalized spacial score (nSPS) is 49.2. The van der Waals surface area contributed by atoms with Gasteiger partial charge in [-0.15, -0.1) is 0 Å². The van der Waals surface area contributed by atoms with Crippen molar-refractivity contribution in [3.8, 4) is 0 Å². The van der Waals surface area contributed by atoms with Gasteiger partial charge in [0.2, 0.25) is 0 Å². The number of rotatable bonds is 1. The lowest BCUT2D eigenvalue weighted by atomic mass is 9.85. The Morgan fingerprint density at radius 1 is 1.14 bits per heavy atom. The van der Waals surface area contributed by atoms with Crippen molar-refractivity contribution in [1.82, 2.24) is 4.90 Å². The third kappa shape index (κ3) is 1.53. The molecule has 2 bridgehead atoms. The second-order valence-corrected chi connectivity index (χ2v) is 6.60. The van der Waals surface area contributed by atoms with E-state index in [0.29, 0.717) is 17.9 Å². The van der Waals surface area contributed by atoms with E-state index in [9.17, 15) is 4.21 Å². The van der Waals surface area contributed by atoms with Gasteiger partial charge in [-0.05, 0) is 24.7 Å². The predicted octanol–water partition coefficient (Wildman–Crippen LogP) is -0.214. The molecule has 0 aromatic heterocycles. The highest BCUT2D eigenvalue weighted by atomic mass is 32.2. The molecule has 0 spiro atoms. The summed E-state index contributed by atoms with van der Waals surface area (Å²) in [5.41, 5.74) is 6.17. The number of fused-ring (bicyclic) bond motifs is 2. The Balaban J connectivity index is 1.75. The maximum absolute atomic E-state index is 11.6. The molecule has 3 nitrogen and oxygen atoms in total. The molecule has 2 unspecified atom stereocenters. The zero-order valence-corrected chi connectivity index (χ0v) is 9.21. The van der Waals surface area contributed by atoms with Crippen LogP contribution in [0.15, 0.2) is 0 Å². The summed E-state index contributed by atoms with van der Waals surface area (Å²) >= 11 is 0. The smallest absolute Gasteiger partial charge is 0.0290 e. The summed E-state index contributed by atoms with van der Waals surface area (Å²) in [4.78, 5) is 2.59. The Morgan fingerprint density at radius 2 is 1.71 bits per heavy atom. The summed E-state index contributed by atoms with van der Waals surface area (Å²) in [6.45, 7) is 2.21. The van der Waals surface area contributed by atoms with Gasteiger partial charge in [-0.1, -0.05) is 0 Å². The van der Waals surface area contributed by atoms with Crippen LogP contribution in [0.4, 0.5) is 0 Å². The molecule has 0 aromatic rings.